The second-order valence-electron chi connectivity index (χ2n) is 5.34. The van der Waals surface area contributed by atoms with Crippen molar-refractivity contribution in [1.29, 1.82) is 0 Å². The van der Waals surface area contributed by atoms with Crippen LogP contribution < -0.4 is 5.32 Å². The topological polar surface area (TPSA) is 71.8 Å². The fourth-order valence-corrected chi connectivity index (χ4v) is 3.55. The number of nitrogens with one attached hydrogen (secondary N) is 1. The second kappa shape index (κ2) is 7.40. The molecule has 0 atom stereocenters. The maximum atomic E-state index is 12.5. The zero-order chi connectivity index (χ0) is 15.3. The van der Waals surface area contributed by atoms with Gasteiger partial charge in [0.25, 0.3) is 10.0 Å². The average Bonchev–Trinajstić information content (AvgIpc) is 2.95. The van der Waals surface area contributed by atoms with E-state index in [1.165, 1.54) is 10.4 Å². The third-order valence-electron chi connectivity index (χ3n) is 3.71. The van der Waals surface area contributed by atoms with Gasteiger partial charge in [-0.05, 0) is 37.4 Å². The molecule has 0 saturated carbocycles. The predicted molar refractivity (Wildman–Crippen MR) is 79.4 cm³/mol. The van der Waals surface area contributed by atoms with Crippen LogP contribution in [0.5, 0.6) is 0 Å². The van der Waals surface area contributed by atoms with Crippen LogP contribution in [0, 0.1) is 5.92 Å². The Morgan fingerprint density at radius 2 is 2.05 bits per heavy atom. The van der Waals surface area contributed by atoms with E-state index in [1.807, 2.05) is 6.92 Å². The highest BCUT2D eigenvalue weighted by molar-refractivity contribution is 7.89. The molecule has 1 saturated heterocycles. The normalized spacial score (nSPS) is 17.5. The maximum Gasteiger partial charge on any atom is 0.276 e. The van der Waals surface area contributed by atoms with Gasteiger partial charge in [0, 0.05) is 26.8 Å². The van der Waals surface area contributed by atoms with E-state index in [2.05, 4.69) is 5.32 Å². The highest BCUT2D eigenvalue weighted by Crippen LogP contribution is 2.22. The number of sulfonamides is 1. The highest BCUT2D eigenvalue weighted by atomic mass is 32.2. The van der Waals surface area contributed by atoms with Crippen molar-refractivity contribution in [1.82, 2.24) is 9.62 Å². The van der Waals surface area contributed by atoms with Crippen molar-refractivity contribution in [3.63, 3.8) is 0 Å². The smallest absolute Gasteiger partial charge is 0.276 e. The van der Waals surface area contributed by atoms with Crippen LogP contribution in [0.4, 0.5) is 0 Å². The van der Waals surface area contributed by atoms with Crippen molar-refractivity contribution in [2.24, 2.45) is 5.92 Å². The Hall–Kier alpha value is -0.890. The van der Waals surface area contributed by atoms with Gasteiger partial charge in [0.15, 0.2) is 0 Å². The van der Waals surface area contributed by atoms with Crippen LogP contribution in [-0.2, 0) is 21.3 Å². The van der Waals surface area contributed by atoms with Crippen LogP contribution in [0.2, 0.25) is 0 Å². The van der Waals surface area contributed by atoms with Gasteiger partial charge in [-0.3, -0.25) is 0 Å². The number of nitrogens with zero attached hydrogens (tertiary/aromatic N) is 1. The summed E-state index contributed by atoms with van der Waals surface area (Å²) in [7, 11) is -1.94. The third kappa shape index (κ3) is 4.29. The van der Waals surface area contributed by atoms with E-state index in [9.17, 15) is 8.42 Å². The van der Waals surface area contributed by atoms with E-state index in [0.717, 1.165) is 19.4 Å². The van der Waals surface area contributed by atoms with Gasteiger partial charge in [0.2, 0.25) is 5.09 Å². The number of ether oxygens (including phenoxy) is 1. The molecule has 0 amide bonds. The summed E-state index contributed by atoms with van der Waals surface area (Å²) in [5, 5.41) is 3.13. The van der Waals surface area contributed by atoms with Crippen molar-refractivity contribution in [3.8, 4) is 0 Å². The summed E-state index contributed by atoms with van der Waals surface area (Å²) in [5.41, 5.74) is 0. The van der Waals surface area contributed by atoms with Gasteiger partial charge in [-0.15, -0.1) is 0 Å². The minimum absolute atomic E-state index is 0.0185. The first-order valence-corrected chi connectivity index (χ1v) is 8.81. The van der Waals surface area contributed by atoms with Gasteiger partial charge in [-0.2, -0.15) is 4.31 Å². The molecule has 0 radical (unpaired) electrons. The monoisotopic (exact) mass is 316 g/mol. The van der Waals surface area contributed by atoms with Gasteiger partial charge in [0.05, 0.1) is 6.54 Å². The molecule has 0 aliphatic carbocycles. The molecule has 0 aromatic carbocycles. The molecule has 1 N–H and O–H groups in total. The molecule has 1 aliphatic heterocycles. The first-order valence-electron chi connectivity index (χ1n) is 7.37. The van der Waals surface area contributed by atoms with E-state index in [4.69, 9.17) is 9.15 Å². The van der Waals surface area contributed by atoms with E-state index in [1.54, 1.807) is 13.1 Å². The molecule has 1 aromatic rings. The molecule has 21 heavy (non-hydrogen) atoms. The Labute approximate surface area is 126 Å². The zero-order valence-electron chi connectivity index (χ0n) is 12.7. The van der Waals surface area contributed by atoms with E-state index >= 15 is 0 Å². The van der Waals surface area contributed by atoms with Crippen molar-refractivity contribution >= 4 is 10.0 Å². The molecule has 0 bridgehead atoms. The molecular formula is C14H24N2O4S. The van der Waals surface area contributed by atoms with Crippen LogP contribution >= 0.6 is 0 Å². The number of hydrogen-bond acceptors (Lipinski definition) is 5. The Morgan fingerprint density at radius 1 is 1.33 bits per heavy atom. The van der Waals surface area contributed by atoms with Gasteiger partial charge in [-0.25, -0.2) is 8.42 Å². The molecule has 6 nitrogen and oxygen atoms in total. The summed E-state index contributed by atoms with van der Waals surface area (Å²) in [6, 6.07) is 3.24. The summed E-state index contributed by atoms with van der Waals surface area (Å²) in [6.07, 6.45) is 1.81. The van der Waals surface area contributed by atoms with Crippen molar-refractivity contribution < 1.29 is 17.6 Å². The van der Waals surface area contributed by atoms with Gasteiger partial charge in [-0.1, -0.05) is 6.92 Å². The molecule has 0 unspecified atom stereocenters. The molecule has 0 spiro atoms. The second-order valence-corrected chi connectivity index (χ2v) is 7.32. The Kier molecular flexibility index (Phi) is 5.80. The molecule has 1 fully saturated rings. The SMILES string of the molecule is CCNCc1ccc(S(=O)(=O)N(C)CC2CCOCC2)o1. The molecule has 2 rings (SSSR count). The number of hydrogen-bond donors (Lipinski definition) is 1. The molecule has 2 heterocycles. The van der Waals surface area contributed by atoms with Crippen LogP contribution in [-0.4, -0.2) is 46.1 Å². The minimum atomic E-state index is -3.54. The van der Waals surface area contributed by atoms with Crippen LogP contribution in [0.1, 0.15) is 25.5 Å². The number of furan rings is 1. The third-order valence-corrected chi connectivity index (χ3v) is 5.40. The summed E-state index contributed by atoms with van der Waals surface area (Å²) >= 11 is 0. The highest BCUT2D eigenvalue weighted by Gasteiger charge is 2.27. The lowest BCUT2D eigenvalue weighted by atomic mass is 10.0. The Bertz CT molecular complexity index is 535. The van der Waals surface area contributed by atoms with Gasteiger partial charge in [0.1, 0.15) is 5.76 Å². The fraction of sp³-hybridized carbons (Fsp3) is 0.714. The largest absolute Gasteiger partial charge is 0.447 e. The van der Waals surface area contributed by atoms with E-state index < -0.39 is 10.0 Å². The van der Waals surface area contributed by atoms with Crippen LogP contribution in [0.25, 0.3) is 0 Å². The fourth-order valence-electron chi connectivity index (χ4n) is 2.38. The lowest BCUT2D eigenvalue weighted by molar-refractivity contribution is 0.0619. The quantitative estimate of drug-likeness (QED) is 0.824. The first kappa shape index (κ1) is 16.5. The first-order chi connectivity index (χ1) is 10.0. The van der Waals surface area contributed by atoms with Crippen molar-refractivity contribution in [2.45, 2.75) is 31.4 Å². The lowest BCUT2D eigenvalue weighted by Gasteiger charge is -2.26. The Balaban J connectivity index is 2.00. The maximum absolute atomic E-state index is 12.5. The lowest BCUT2D eigenvalue weighted by Crippen LogP contribution is -2.34. The number of rotatable bonds is 7. The summed E-state index contributed by atoms with van der Waals surface area (Å²) in [5.74, 6) is 0.990. The van der Waals surface area contributed by atoms with Crippen LogP contribution in [0.3, 0.4) is 0 Å². The van der Waals surface area contributed by atoms with Crippen LogP contribution in [0.15, 0.2) is 21.6 Å². The summed E-state index contributed by atoms with van der Waals surface area (Å²) < 4.78 is 37.1. The van der Waals surface area contributed by atoms with Crippen molar-refractivity contribution in [2.75, 3.05) is 33.4 Å². The van der Waals surface area contributed by atoms with Crippen molar-refractivity contribution in [3.05, 3.63) is 17.9 Å². The average molecular weight is 316 g/mol. The summed E-state index contributed by atoms with van der Waals surface area (Å²) in [6.45, 7) is 5.28. The molecular weight excluding hydrogens is 292 g/mol. The Morgan fingerprint density at radius 3 is 2.71 bits per heavy atom. The molecule has 1 aliphatic rings. The molecule has 7 heteroatoms. The summed E-state index contributed by atoms with van der Waals surface area (Å²) in [4.78, 5) is 0. The van der Waals surface area contributed by atoms with Gasteiger partial charge >= 0.3 is 0 Å². The standard InChI is InChI=1S/C14H24N2O4S/c1-3-15-10-13-4-5-14(20-13)21(17,18)16(2)11-12-6-8-19-9-7-12/h4-5,12,15H,3,6-11H2,1-2H3. The molecule has 120 valence electrons. The van der Waals surface area contributed by atoms with E-state index in [-0.39, 0.29) is 5.09 Å². The minimum Gasteiger partial charge on any atom is -0.447 e. The van der Waals surface area contributed by atoms with E-state index in [0.29, 0.717) is 38.0 Å². The predicted octanol–water partition coefficient (Wildman–Crippen LogP) is 1.44. The van der Waals surface area contributed by atoms with Gasteiger partial charge < -0.3 is 14.5 Å². The zero-order valence-corrected chi connectivity index (χ0v) is 13.5. The molecule has 1 aromatic heterocycles.